The molecule has 0 unspecified atom stereocenters. The summed E-state index contributed by atoms with van der Waals surface area (Å²) in [6, 6.07) is 8.22. The van der Waals surface area contributed by atoms with E-state index in [0.29, 0.717) is 19.6 Å². The van der Waals surface area contributed by atoms with Gasteiger partial charge in [0, 0.05) is 19.6 Å². The van der Waals surface area contributed by atoms with Crippen molar-refractivity contribution in [2.24, 2.45) is 5.73 Å². The number of nitrogens with two attached hydrogens (primary N) is 1. The minimum atomic E-state index is 0.0814. The molecule has 0 aromatic heterocycles. The minimum Gasteiger partial charge on any atom is -0.355 e. The van der Waals surface area contributed by atoms with Crippen LogP contribution in [0.2, 0.25) is 0 Å². The first kappa shape index (κ1) is 14.7. The molecule has 1 rings (SSSR count). The molecule has 0 spiro atoms. The lowest BCUT2D eigenvalue weighted by atomic mass is 10.1. The van der Waals surface area contributed by atoms with E-state index in [1.54, 1.807) is 0 Å². The summed E-state index contributed by atoms with van der Waals surface area (Å²) in [6.45, 7) is 7.34. The average Bonchev–Trinajstić information content (AvgIpc) is 2.39. The molecule has 1 aromatic carbocycles. The second-order valence-electron chi connectivity index (χ2n) is 4.28. The molecule has 4 heteroatoms. The Morgan fingerprint density at radius 3 is 2.33 bits per heavy atom. The van der Waals surface area contributed by atoms with Crippen molar-refractivity contribution in [3.05, 3.63) is 35.4 Å². The number of amides is 1. The van der Waals surface area contributed by atoms with Crippen molar-refractivity contribution < 1.29 is 4.79 Å². The van der Waals surface area contributed by atoms with Gasteiger partial charge in [-0.25, -0.2) is 0 Å². The number of carbonyl (C=O) groups excluding carboxylic acids is 1. The zero-order chi connectivity index (χ0) is 13.4. The topological polar surface area (TPSA) is 58.4 Å². The van der Waals surface area contributed by atoms with E-state index < -0.39 is 0 Å². The second kappa shape index (κ2) is 7.84. The Bertz CT molecular complexity index is 362. The summed E-state index contributed by atoms with van der Waals surface area (Å²) in [6.07, 6.45) is 0. The highest BCUT2D eigenvalue weighted by atomic mass is 16.2. The Morgan fingerprint density at radius 1 is 1.22 bits per heavy atom. The maximum absolute atomic E-state index is 11.5. The summed E-state index contributed by atoms with van der Waals surface area (Å²) in [5.41, 5.74) is 7.90. The van der Waals surface area contributed by atoms with Crippen LogP contribution < -0.4 is 11.1 Å². The highest BCUT2D eigenvalue weighted by molar-refractivity contribution is 5.77. The molecule has 0 aliphatic carbocycles. The monoisotopic (exact) mass is 249 g/mol. The van der Waals surface area contributed by atoms with Crippen molar-refractivity contribution in [1.29, 1.82) is 0 Å². The fourth-order valence-electron chi connectivity index (χ4n) is 1.77. The minimum absolute atomic E-state index is 0.0814. The highest BCUT2D eigenvalue weighted by Crippen LogP contribution is 2.07. The van der Waals surface area contributed by atoms with E-state index in [0.717, 1.165) is 18.7 Å². The quantitative estimate of drug-likeness (QED) is 0.761. The first-order chi connectivity index (χ1) is 8.69. The van der Waals surface area contributed by atoms with Crippen LogP contribution in [0.4, 0.5) is 0 Å². The van der Waals surface area contributed by atoms with Crippen molar-refractivity contribution in [2.45, 2.75) is 26.9 Å². The Balaban J connectivity index is 2.53. The number of hydrogen-bond donors (Lipinski definition) is 2. The van der Waals surface area contributed by atoms with Crippen LogP contribution in [-0.4, -0.2) is 30.4 Å². The van der Waals surface area contributed by atoms with Gasteiger partial charge in [0.2, 0.25) is 5.91 Å². The number of likely N-dealkylation sites (N-methyl/N-ethyl adjacent to an activating group) is 2. The zero-order valence-electron chi connectivity index (χ0n) is 11.3. The number of nitrogens with one attached hydrogen (secondary N) is 1. The molecule has 3 N–H and O–H groups in total. The lowest BCUT2D eigenvalue weighted by Gasteiger charge is -2.19. The molecule has 0 saturated heterocycles. The molecular weight excluding hydrogens is 226 g/mol. The highest BCUT2D eigenvalue weighted by Gasteiger charge is 2.08. The normalized spacial score (nSPS) is 10.7. The zero-order valence-corrected chi connectivity index (χ0v) is 11.3. The molecule has 4 nitrogen and oxygen atoms in total. The molecule has 1 aromatic rings. The number of rotatable bonds is 7. The first-order valence-corrected chi connectivity index (χ1v) is 6.46. The van der Waals surface area contributed by atoms with Crippen LogP contribution in [0, 0.1) is 0 Å². The number of nitrogens with zero attached hydrogens (tertiary/aromatic N) is 1. The molecule has 0 bridgehead atoms. The van der Waals surface area contributed by atoms with Crippen molar-refractivity contribution in [1.82, 2.24) is 10.2 Å². The lowest BCUT2D eigenvalue weighted by molar-refractivity contribution is -0.122. The molecular formula is C14H23N3O. The molecule has 1 amide bonds. The maximum Gasteiger partial charge on any atom is 0.234 e. The van der Waals surface area contributed by atoms with Crippen LogP contribution in [0.3, 0.4) is 0 Å². The average molecular weight is 249 g/mol. The van der Waals surface area contributed by atoms with Gasteiger partial charge < -0.3 is 11.1 Å². The smallest absolute Gasteiger partial charge is 0.234 e. The number of hydrogen-bond acceptors (Lipinski definition) is 3. The molecule has 0 aliphatic heterocycles. The van der Waals surface area contributed by atoms with Gasteiger partial charge in [0.05, 0.1) is 6.54 Å². The van der Waals surface area contributed by atoms with E-state index in [-0.39, 0.29) is 5.91 Å². The summed E-state index contributed by atoms with van der Waals surface area (Å²) < 4.78 is 0. The summed E-state index contributed by atoms with van der Waals surface area (Å²) in [5.74, 6) is 0.0814. The van der Waals surface area contributed by atoms with Gasteiger partial charge in [-0.2, -0.15) is 0 Å². The Hall–Kier alpha value is -1.39. The van der Waals surface area contributed by atoms with Gasteiger partial charge >= 0.3 is 0 Å². The van der Waals surface area contributed by atoms with Crippen molar-refractivity contribution in [3.8, 4) is 0 Å². The largest absolute Gasteiger partial charge is 0.355 e. The van der Waals surface area contributed by atoms with Crippen molar-refractivity contribution >= 4 is 5.91 Å². The van der Waals surface area contributed by atoms with Crippen molar-refractivity contribution in [3.63, 3.8) is 0 Å². The molecule has 0 saturated carbocycles. The Morgan fingerprint density at radius 2 is 1.83 bits per heavy atom. The molecule has 0 atom stereocenters. The fourth-order valence-corrected chi connectivity index (χ4v) is 1.77. The standard InChI is InChI=1S/C14H23N3O/c1-3-16-14(18)11-17(4-2)10-13-7-5-12(9-15)6-8-13/h5-8H,3-4,9-11,15H2,1-2H3,(H,16,18). The third-order valence-corrected chi connectivity index (χ3v) is 2.85. The van der Waals surface area contributed by atoms with Crippen LogP contribution in [0.25, 0.3) is 0 Å². The van der Waals surface area contributed by atoms with Gasteiger partial charge in [0.1, 0.15) is 0 Å². The SMILES string of the molecule is CCNC(=O)CN(CC)Cc1ccc(CN)cc1. The molecule has 18 heavy (non-hydrogen) atoms. The predicted octanol–water partition coefficient (Wildman–Crippen LogP) is 1.10. The van der Waals surface area contributed by atoms with Gasteiger partial charge in [-0.1, -0.05) is 31.2 Å². The Labute approximate surface area is 109 Å². The van der Waals surface area contributed by atoms with Gasteiger partial charge in [-0.05, 0) is 24.6 Å². The van der Waals surface area contributed by atoms with E-state index in [4.69, 9.17) is 5.73 Å². The van der Waals surface area contributed by atoms with Gasteiger partial charge in [0.25, 0.3) is 0 Å². The number of carbonyl (C=O) groups is 1. The van der Waals surface area contributed by atoms with Gasteiger partial charge in [0.15, 0.2) is 0 Å². The summed E-state index contributed by atoms with van der Waals surface area (Å²) >= 11 is 0. The molecule has 100 valence electrons. The van der Waals surface area contributed by atoms with Crippen LogP contribution >= 0.6 is 0 Å². The lowest BCUT2D eigenvalue weighted by Crippen LogP contribution is -2.36. The summed E-state index contributed by atoms with van der Waals surface area (Å²) in [4.78, 5) is 13.6. The first-order valence-electron chi connectivity index (χ1n) is 6.46. The fraction of sp³-hybridized carbons (Fsp3) is 0.500. The molecule has 0 heterocycles. The number of benzene rings is 1. The van der Waals surface area contributed by atoms with Crippen LogP contribution in [0.15, 0.2) is 24.3 Å². The third-order valence-electron chi connectivity index (χ3n) is 2.85. The third kappa shape index (κ3) is 4.85. The van der Waals surface area contributed by atoms with E-state index >= 15 is 0 Å². The van der Waals surface area contributed by atoms with Gasteiger partial charge in [-0.15, -0.1) is 0 Å². The molecule has 0 radical (unpaired) electrons. The van der Waals surface area contributed by atoms with E-state index in [2.05, 4.69) is 29.3 Å². The second-order valence-corrected chi connectivity index (χ2v) is 4.28. The van der Waals surface area contributed by atoms with Crippen LogP contribution in [0.5, 0.6) is 0 Å². The predicted molar refractivity (Wildman–Crippen MR) is 74.0 cm³/mol. The molecule has 0 fully saturated rings. The van der Waals surface area contributed by atoms with Crippen LogP contribution in [0.1, 0.15) is 25.0 Å². The van der Waals surface area contributed by atoms with E-state index in [1.807, 2.05) is 19.1 Å². The van der Waals surface area contributed by atoms with Gasteiger partial charge in [-0.3, -0.25) is 9.69 Å². The molecule has 0 aliphatic rings. The Kier molecular flexibility index (Phi) is 6.39. The van der Waals surface area contributed by atoms with E-state index in [9.17, 15) is 4.79 Å². The van der Waals surface area contributed by atoms with E-state index in [1.165, 1.54) is 5.56 Å². The summed E-state index contributed by atoms with van der Waals surface area (Å²) in [5, 5.41) is 2.82. The maximum atomic E-state index is 11.5. The van der Waals surface area contributed by atoms with Crippen molar-refractivity contribution in [2.75, 3.05) is 19.6 Å². The van der Waals surface area contributed by atoms with Crippen LogP contribution in [-0.2, 0) is 17.9 Å². The summed E-state index contributed by atoms with van der Waals surface area (Å²) in [7, 11) is 0.